The van der Waals surface area contributed by atoms with Gasteiger partial charge < -0.3 is 9.80 Å². The van der Waals surface area contributed by atoms with Gasteiger partial charge in [0.1, 0.15) is 18.5 Å². The minimum atomic E-state index is -0.103. The molecule has 0 amide bonds. The number of piperidine rings is 1. The lowest BCUT2D eigenvalue weighted by Crippen LogP contribution is -2.38. The van der Waals surface area contributed by atoms with Gasteiger partial charge in [-0.05, 0) is 30.9 Å². The molecule has 0 spiro atoms. The van der Waals surface area contributed by atoms with Gasteiger partial charge in [0.25, 0.3) is 5.56 Å². The molecule has 3 aromatic rings. The second-order valence-corrected chi connectivity index (χ2v) is 7.09. The molecule has 0 N–H and O–H groups in total. The quantitative estimate of drug-likeness (QED) is 0.634. The highest BCUT2D eigenvalue weighted by molar-refractivity contribution is 5.42. The molecule has 28 heavy (non-hydrogen) atoms. The second-order valence-electron chi connectivity index (χ2n) is 7.09. The minimum Gasteiger partial charge on any atom is -0.363 e. The Hall–Kier alpha value is -3.30. The van der Waals surface area contributed by atoms with E-state index in [0.29, 0.717) is 18.3 Å². The first-order valence-corrected chi connectivity index (χ1v) is 9.28. The molecule has 3 aromatic heterocycles. The van der Waals surface area contributed by atoms with E-state index >= 15 is 0 Å². The molecule has 4 rings (SSSR count). The largest absolute Gasteiger partial charge is 0.363 e. The molecule has 10 heteroatoms. The fourth-order valence-electron chi connectivity index (χ4n) is 3.32. The average molecular weight is 381 g/mol. The summed E-state index contributed by atoms with van der Waals surface area (Å²) >= 11 is 0. The Morgan fingerprint density at radius 2 is 2.00 bits per heavy atom. The Labute approximate surface area is 162 Å². The molecule has 0 unspecified atom stereocenters. The summed E-state index contributed by atoms with van der Waals surface area (Å²) in [6, 6.07) is 5.08. The van der Waals surface area contributed by atoms with Gasteiger partial charge in [-0.2, -0.15) is 10.1 Å². The number of rotatable bonds is 5. The monoisotopic (exact) mass is 381 g/mol. The third kappa shape index (κ3) is 3.85. The van der Waals surface area contributed by atoms with Gasteiger partial charge >= 0.3 is 0 Å². The van der Waals surface area contributed by atoms with Crippen LogP contribution in [0.2, 0.25) is 0 Å². The summed E-state index contributed by atoms with van der Waals surface area (Å²) in [4.78, 5) is 29.3. The van der Waals surface area contributed by atoms with Gasteiger partial charge in [0.2, 0.25) is 5.95 Å². The Bertz CT molecular complexity index is 975. The Balaban J connectivity index is 1.42. The predicted octanol–water partition coefficient (Wildman–Crippen LogP) is 0.597. The van der Waals surface area contributed by atoms with Crippen LogP contribution in [0.25, 0.3) is 5.82 Å². The molecule has 0 atom stereocenters. The maximum Gasteiger partial charge on any atom is 0.266 e. The Kier molecular flexibility index (Phi) is 5.00. The van der Waals surface area contributed by atoms with Crippen molar-refractivity contribution in [2.75, 3.05) is 37.0 Å². The maximum absolute atomic E-state index is 12.2. The van der Waals surface area contributed by atoms with Gasteiger partial charge in [0.15, 0.2) is 5.82 Å². The van der Waals surface area contributed by atoms with E-state index in [0.717, 1.165) is 37.7 Å². The van der Waals surface area contributed by atoms with Crippen molar-refractivity contribution in [3.8, 4) is 5.82 Å². The number of hydrogen-bond acceptors (Lipinski definition) is 8. The molecule has 0 radical (unpaired) electrons. The normalized spacial score (nSPS) is 15.0. The van der Waals surface area contributed by atoms with E-state index in [1.54, 1.807) is 23.3 Å². The fraction of sp³-hybridized carbons (Fsp3) is 0.444. The van der Waals surface area contributed by atoms with Crippen LogP contribution in [0, 0.1) is 5.92 Å². The highest BCUT2D eigenvalue weighted by Crippen LogP contribution is 2.22. The molecule has 1 fully saturated rings. The highest BCUT2D eigenvalue weighted by Gasteiger charge is 2.22. The summed E-state index contributed by atoms with van der Waals surface area (Å²) in [5.74, 6) is 2.62. The van der Waals surface area contributed by atoms with E-state index < -0.39 is 0 Å². The van der Waals surface area contributed by atoms with Crippen molar-refractivity contribution in [3.05, 3.63) is 47.4 Å². The topological polar surface area (TPSA) is 97.9 Å². The average Bonchev–Trinajstić information content (AvgIpc) is 3.25. The standard InChI is InChI=1S/C18H23N9O/c1-24(2)15-5-8-20-18(22-15)25-9-6-14(7-10-25)11-26-17(28)4-3-16(23-26)27-13-19-12-21-27/h3-5,8,12-14H,6-7,9-11H2,1-2H3. The molecule has 4 heterocycles. The van der Waals surface area contributed by atoms with Crippen LogP contribution in [0.15, 0.2) is 41.8 Å². The lowest BCUT2D eigenvalue weighted by atomic mass is 9.97. The molecule has 0 aromatic carbocycles. The molecule has 1 aliphatic heterocycles. The van der Waals surface area contributed by atoms with Crippen molar-refractivity contribution < 1.29 is 0 Å². The molecule has 1 aliphatic rings. The molecule has 0 saturated carbocycles. The number of aromatic nitrogens is 7. The lowest BCUT2D eigenvalue weighted by molar-refractivity contribution is 0.333. The van der Waals surface area contributed by atoms with Crippen LogP contribution in [0.1, 0.15) is 12.8 Å². The van der Waals surface area contributed by atoms with E-state index in [1.807, 2.05) is 25.1 Å². The molecular formula is C18H23N9O. The van der Waals surface area contributed by atoms with Gasteiger partial charge in [-0.15, -0.1) is 5.10 Å². The molecule has 10 nitrogen and oxygen atoms in total. The summed E-state index contributed by atoms with van der Waals surface area (Å²) in [7, 11) is 3.94. The zero-order valence-corrected chi connectivity index (χ0v) is 16.0. The molecule has 146 valence electrons. The number of anilines is 2. The first-order valence-electron chi connectivity index (χ1n) is 9.28. The van der Waals surface area contributed by atoms with Crippen molar-refractivity contribution >= 4 is 11.8 Å². The van der Waals surface area contributed by atoms with Crippen LogP contribution in [0.4, 0.5) is 11.8 Å². The second kappa shape index (κ2) is 7.75. The van der Waals surface area contributed by atoms with Gasteiger partial charge in [0, 0.05) is 46.0 Å². The van der Waals surface area contributed by atoms with Crippen LogP contribution >= 0.6 is 0 Å². The lowest BCUT2D eigenvalue weighted by Gasteiger charge is -2.32. The first-order chi connectivity index (χ1) is 13.6. The van der Waals surface area contributed by atoms with Gasteiger partial charge in [-0.3, -0.25) is 4.79 Å². The molecule has 0 bridgehead atoms. The molecule has 1 saturated heterocycles. The van der Waals surface area contributed by atoms with E-state index in [4.69, 9.17) is 0 Å². The van der Waals surface area contributed by atoms with Crippen molar-refractivity contribution in [3.63, 3.8) is 0 Å². The maximum atomic E-state index is 12.2. The summed E-state index contributed by atoms with van der Waals surface area (Å²) < 4.78 is 3.08. The summed E-state index contributed by atoms with van der Waals surface area (Å²) in [6.45, 7) is 2.31. The van der Waals surface area contributed by atoms with Gasteiger partial charge in [-0.25, -0.2) is 19.3 Å². The smallest absolute Gasteiger partial charge is 0.266 e. The van der Waals surface area contributed by atoms with Crippen molar-refractivity contribution in [1.82, 2.24) is 34.5 Å². The Morgan fingerprint density at radius 1 is 1.18 bits per heavy atom. The van der Waals surface area contributed by atoms with Crippen molar-refractivity contribution in [2.45, 2.75) is 19.4 Å². The Morgan fingerprint density at radius 3 is 2.71 bits per heavy atom. The van der Waals surface area contributed by atoms with Crippen LogP contribution in [-0.2, 0) is 6.54 Å². The van der Waals surface area contributed by atoms with E-state index in [2.05, 4.69) is 30.0 Å². The van der Waals surface area contributed by atoms with E-state index in [9.17, 15) is 4.79 Å². The zero-order chi connectivity index (χ0) is 19.5. The summed E-state index contributed by atoms with van der Waals surface area (Å²) in [6.07, 6.45) is 6.72. The first kappa shape index (κ1) is 18.1. The van der Waals surface area contributed by atoms with Gasteiger partial charge in [-0.1, -0.05) is 0 Å². The molecular weight excluding hydrogens is 358 g/mol. The minimum absolute atomic E-state index is 0.103. The zero-order valence-electron chi connectivity index (χ0n) is 16.0. The van der Waals surface area contributed by atoms with Crippen LogP contribution in [0.5, 0.6) is 0 Å². The summed E-state index contributed by atoms with van der Waals surface area (Å²) in [5, 5.41) is 8.51. The number of nitrogens with zero attached hydrogens (tertiary/aromatic N) is 9. The summed E-state index contributed by atoms with van der Waals surface area (Å²) in [5.41, 5.74) is -0.103. The molecule has 0 aliphatic carbocycles. The fourth-order valence-corrected chi connectivity index (χ4v) is 3.32. The predicted molar refractivity (Wildman–Crippen MR) is 105 cm³/mol. The highest BCUT2D eigenvalue weighted by atomic mass is 16.1. The SMILES string of the molecule is CN(C)c1ccnc(N2CCC(Cn3nc(-n4cncn4)ccc3=O)CC2)n1. The van der Waals surface area contributed by atoms with Crippen LogP contribution in [0.3, 0.4) is 0 Å². The van der Waals surface area contributed by atoms with Gasteiger partial charge in [0.05, 0.1) is 0 Å². The van der Waals surface area contributed by atoms with E-state index in [-0.39, 0.29) is 5.56 Å². The number of hydrogen-bond donors (Lipinski definition) is 0. The third-order valence-corrected chi connectivity index (χ3v) is 4.92. The van der Waals surface area contributed by atoms with Crippen molar-refractivity contribution in [2.24, 2.45) is 5.92 Å². The van der Waals surface area contributed by atoms with E-state index in [1.165, 1.54) is 17.1 Å². The van der Waals surface area contributed by atoms with Crippen LogP contribution in [-0.4, -0.2) is 61.7 Å². The van der Waals surface area contributed by atoms with Crippen molar-refractivity contribution in [1.29, 1.82) is 0 Å². The van der Waals surface area contributed by atoms with Crippen LogP contribution < -0.4 is 15.4 Å². The third-order valence-electron chi connectivity index (χ3n) is 4.92.